The van der Waals surface area contributed by atoms with Gasteiger partial charge in [0, 0.05) is 6.20 Å². The third-order valence-corrected chi connectivity index (χ3v) is 3.38. The Morgan fingerprint density at radius 1 is 1.28 bits per heavy atom. The van der Waals surface area contributed by atoms with Crippen LogP contribution in [0.3, 0.4) is 0 Å². The summed E-state index contributed by atoms with van der Waals surface area (Å²) in [5.41, 5.74) is -0.316. The molecule has 0 spiro atoms. The van der Waals surface area contributed by atoms with Gasteiger partial charge in [0.1, 0.15) is 0 Å². The van der Waals surface area contributed by atoms with Gasteiger partial charge in [-0.15, -0.1) is 0 Å². The van der Waals surface area contributed by atoms with Crippen LogP contribution in [0.5, 0.6) is 0 Å². The Hall–Kier alpha value is -1.50. The van der Waals surface area contributed by atoms with Crippen molar-refractivity contribution in [2.75, 3.05) is 6.26 Å². The molecule has 0 aliphatic rings. The van der Waals surface area contributed by atoms with Gasteiger partial charge in [0.25, 0.3) is 0 Å². The third-order valence-electron chi connectivity index (χ3n) is 2.25. The van der Waals surface area contributed by atoms with Gasteiger partial charge >= 0.3 is 6.18 Å². The first-order valence-electron chi connectivity index (χ1n) is 4.90. The lowest BCUT2D eigenvalue weighted by molar-refractivity contribution is -0.137. The number of benzene rings is 1. The predicted molar refractivity (Wildman–Crippen MR) is 62.0 cm³/mol. The minimum atomic E-state index is -4.40. The number of sulfonamides is 1. The van der Waals surface area contributed by atoms with Gasteiger partial charge in [-0.05, 0) is 17.7 Å². The van der Waals surface area contributed by atoms with Crippen LogP contribution in [0.2, 0.25) is 0 Å². The molecule has 0 saturated heterocycles. The maximum atomic E-state index is 12.3. The third kappa shape index (κ3) is 3.76. The van der Waals surface area contributed by atoms with Crippen molar-refractivity contribution in [3.05, 3.63) is 48.2 Å². The molecule has 1 aromatic rings. The lowest BCUT2D eigenvalue weighted by Gasteiger charge is -2.17. The standard InChI is InChI=1S/C11H12F3NO2S/c1-3-15(18(2,16)17)8-9-4-6-10(7-5-9)11(12,13)14/h3-7H,1,8H2,2H3. The summed E-state index contributed by atoms with van der Waals surface area (Å²) in [5, 5.41) is 0. The first kappa shape index (κ1) is 14.6. The molecule has 100 valence electrons. The van der Waals surface area contributed by atoms with Crippen molar-refractivity contribution in [2.45, 2.75) is 12.7 Å². The highest BCUT2D eigenvalue weighted by Gasteiger charge is 2.30. The van der Waals surface area contributed by atoms with Gasteiger partial charge in [0.05, 0.1) is 18.4 Å². The number of rotatable bonds is 4. The Labute approximate surface area is 104 Å². The average Bonchev–Trinajstić information content (AvgIpc) is 2.23. The molecule has 0 heterocycles. The molecule has 0 aliphatic heterocycles. The van der Waals surface area contributed by atoms with Crippen molar-refractivity contribution >= 4 is 10.0 Å². The quantitative estimate of drug-likeness (QED) is 0.849. The van der Waals surface area contributed by atoms with Crippen molar-refractivity contribution in [1.82, 2.24) is 4.31 Å². The van der Waals surface area contributed by atoms with E-state index in [1.807, 2.05) is 0 Å². The summed E-state index contributed by atoms with van der Waals surface area (Å²) >= 11 is 0. The number of hydrogen-bond acceptors (Lipinski definition) is 2. The van der Waals surface area contributed by atoms with E-state index in [1.54, 1.807) is 0 Å². The van der Waals surface area contributed by atoms with E-state index in [1.165, 1.54) is 12.1 Å². The molecule has 0 saturated carbocycles. The fourth-order valence-electron chi connectivity index (χ4n) is 1.30. The first-order valence-corrected chi connectivity index (χ1v) is 6.75. The van der Waals surface area contributed by atoms with Crippen LogP contribution in [0.25, 0.3) is 0 Å². The Kier molecular flexibility index (Phi) is 4.05. The van der Waals surface area contributed by atoms with Gasteiger partial charge in [-0.2, -0.15) is 13.2 Å². The fourth-order valence-corrected chi connectivity index (χ4v) is 1.95. The average molecular weight is 279 g/mol. The Balaban J connectivity index is 2.91. The number of nitrogens with zero attached hydrogens (tertiary/aromatic N) is 1. The molecule has 0 aromatic heterocycles. The summed E-state index contributed by atoms with van der Waals surface area (Å²) in [6, 6.07) is 4.31. The van der Waals surface area contributed by atoms with Crippen LogP contribution < -0.4 is 0 Å². The molecule has 0 fully saturated rings. The minimum Gasteiger partial charge on any atom is -0.274 e. The second-order valence-corrected chi connectivity index (χ2v) is 5.62. The van der Waals surface area contributed by atoms with Crippen molar-refractivity contribution in [2.24, 2.45) is 0 Å². The first-order chi connectivity index (χ1) is 8.14. The summed E-state index contributed by atoms with van der Waals surface area (Å²) in [6.07, 6.45) is -2.28. The maximum Gasteiger partial charge on any atom is 0.416 e. The van der Waals surface area contributed by atoms with E-state index in [0.29, 0.717) is 5.56 Å². The molecular formula is C11H12F3NO2S. The number of hydrogen-bond donors (Lipinski definition) is 0. The van der Waals surface area contributed by atoms with Crippen molar-refractivity contribution in [3.8, 4) is 0 Å². The van der Waals surface area contributed by atoms with Gasteiger partial charge in [-0.25, -0.2) is 8.42 Å². The largest absolute Gasteiger partial charge is 0.416 e. The number of alkyl halides is 3. The second kappa shape index (κ2) is 5.01. The Morgan fingerprint density at radius 2 is 1.78 bits per heavy atom. The van der Waals surface area contributed by atoms with Crippen LogP contribution in [0.1, 0.15) is 11.1 Å². The summed E-state index contributed by atoms with van der Waals surface area (Å²) in [7, 11) is -3.46. The molecule has 18 heavy (non-hydrogen) atoms. The minimum absolute atomic E-state index is 0.0412. The molecule has 3 nitrogen and oxygen atoms in total. The van der Waals surface area contributed by atoms with Crippen LogP contribution in [-0.4, -0.2) is 19.0 Å². The lowest BCUT2D eigenvalue weighted by atomic mass is 10.1. The molecule has 1 rings (SSSR count). The van der Waals surface area contributed by atoms with E-state index < -0.39 is 21.8 Å². The van der Waals surface area contributed by atoms with Crippen LogP contribution in [0.4, 0.5) is 13.2 Å². The summed E-state index contributed by atoms with van der Waals surface area (Å²) in [4.78, 5) is 0. The van der Waals surface area contributed by atoms with E-state index in [-0.39, 0.29) is 6.54 Å². The van der Waals surface area contributed by atoms with Crippen molar-refractivity contribution < 1.29 is 21.6 Å². The van der Waals surface area contributed by atoms with E-state index in [2.05, 4.69) is 6.58 Å². The Bertz CT molecular complexity index is 520. The molecular weight excluding hydrogens is 267 g/mol. The molecule has 1 aromatic carbocycles. The highest BCUT2D eigenvalue weighted by Crippen LogP contribution is 2.29. The monoisotopic (exact) mass is 279 g/mol. The Morgan fingerprint density at radius 3 is 2.11 bits per heavy atom. The van der Waals surface area contributed by atoms with Gasteiger partial charge < -0.3 is 0 Å². The molecule has 0 aliphatic carbocycles. The second-order valence-electron chi connectivity index (χ2n) is 3.69. The molecule has 7 heteroatoms. The van der Waals surface area contributed by atoms with E-state index in [4.69, 9.17) is 0 Å². The van der Waals surface area contributed by atoms with Crippen molar-refractivity contribution in [3.63, 3.8) is 0 Å². The summed E-state index contributed by atoms with van der Waals surface area (Å²) in [5.74, 6) is 0. The molecule has 0 unspecified atom stereocenters. The van der Waals surface area contributed by atoms with E-state index >= 15 is 0 Å². The zero-order chi connectivity index (χ0) is 14.0. The molecule has 0 radical (unpaired) electrons. The predicted octanol–water partition coefficient (Wildman–Crippen LogP) is 2.61. The van der Waals surface area contributed by atoms with Gasteiger partial charge in [-0.1, -0.05) is 18.7 Å². The van der Waals surface area contributed by atoms with Crippen LogP contribution in [0.15, 0.2) is 37.0 Å². The summed E-state index contributed by atoms with van der Waals surface area (Å²) in [6.45, 7) is 3.31. The van der Waals surface area contributed by atoms with Crippen LogP contribution in [-0.2, 0) is 22.7 Å². The van der Waals surface area contributed by atoms with Gasteiger partial charge in [0.2, 0.25) is 10.0 Å². The molecule has 0 bridgehead atoms. The topological polar surface area (TPSA) is 37.4 Å². The van der Waals surface area contributed by atoms with Crippen LogP contribution >= 0.6 is 0 Å². The lowest BCUT2D eigenvalue weighted by Crippen LogP contribution is -2.23. The molecule has 0 amide bonds. The highest BCUT2D eigenvalue weighted by atomic mass is 32.2. The van der Waals surface area contributed by atoms with E-state index in [9.17, 15) is 21.6 Å². The maximum absolute atomic E-state index is 12.3. The van der Waals surface area contributed by atoms with Crippen LogP contribution in [0, 0.1) is 0 Å². The highest BCUT2D eigenvalue weighted by molar-refractivity contribution is 7.88. The summed E-state index contributed by atoms with van der Waals surface area (Å²) < 4.78 is 60.4. The van der Waals surface area contributed by atoms with Gasteiger partial charge in [-0.3, -0.25) is 4.31 Å². The van der Waals surface area contributed by atoms with E-state index in [0.717, 1.165) is 28.9 Å². The fraction of sp³-hybridized carbons (Fsp3) is 0.273. The normalized spacial score (nSPS) is 12.2. The van der Waals surface area contributed by atoms with Crippen molar-refractivity contribution in [1.29, 1.82) is 0 Å². The number of halogens is 3. The smallest absolute Gasteiger partial charge is 0.274 e. The zero-order valence-corrected chi connectivity index (χ0v) is 10.4. The molecule has 0 atom stereocenters. The van der Waals surface area contributed by atoms with Gasteiger partial charge in [0.15, 0.2) is 0 Å². The SMILES string of the molecule is C=CN(Cc1ccc(C(F)(F)F)cc1)S(C)(=O)=O. The zero-order valence-electron chi connectivity index (χ0n) is 9.61. The molecule has 0 N–H and O–H groups in total.